The van der Waals surface area contributed by atoms with Gasteiger partial charge in [-0.3, -0.25) is 0 Å². The SMILES string of the molecule is CCCCCCOCC(C#N)NCC. The molecule has 1 atom stereocenters. The van der Waals surface area contributed by atoms with Crippen molar-refractivity contribution in [2.75, 3.05) is 19.8 Å². The summed E-state index contributed by atoms with van der Waals surface area (Å²) in [5, 5.41) is 11.8. The van der Waals surface area contributed by atoms with Crippen LogP contribution in [0.2, 0.25) is 0 Å². The number of unbranched alkanes of at least 4 members (excludes halogenated alkanes) is 3. The largest absolute Gasteiger partial charge is 0.379 e. The number of rotatable bonds is 9. The second-order valence-corrected chi connectivity index (χ2v) is 3.37. The van der Waals surface area contributed by atoms with Gasteiger partial charge in [0.2, 0.25) is 0 Å². The maximum Gasteiger partial charge on any atom is 0.119 e. The zero-order chi connectivity index (χ0) is 10.6. The average Bonchev–Trinajstić information content (AvgIpc) is 2.21. The third kappa shape index (κ3) is 8.03. The van der Waals surface area contributed by atoms with Crippen LogP contribution in [0.1, 0.15) is 39.5 Å². The Morgan fingerprint density at radius 3 is 2.64 bits per heavy atom. The molecule has 0 heterocycles. The van der Waals surface area contributed by atoms with Crippen molar-refractivity contribution in [1.82, 2.24) is 5.32 Å². The van der Waals surface area contributed by atoms with E-state index in [0.29, 0.717) is 6.61 Å². The molecule has 0 bridgehead atoms. The number of likely N-dealkylation sites (N-methyl/N-ethyl adjacent to an activating group) is 1. The molecule has 3 heteroatoms. The Kier molecular flexibility index (Phi) is 10.0. The first-order valence-corrected chi connectivity index (χ1v) is 5.55. The fraction of sp³-hybridized carbons (Fsp3) is 0.909. The van der Waals surface area contributed by atoms with Gasteiger partial charge in [-0.15, -0.1) is 0 Å². The Labute approximate surface area is 87.4 Å². The van der Waals surface area contributed by atoms with Crippen molar-refractivity contribution in [3.8, 4) is 6.07 Å². The highest BCUT2D eigenvalue weighted by molar-refractivity contribution is 4.88. The van der Waals surface area contributed by atoms with Crippen LogP contribution < -0.4 is 5.32 Å². The molecule has 0 aliphatic carbocycles. The van der Waals surface area contributed by atoms with E-state index in [4.69, 9.17) is 10.00 Å². The Balaban J connectivity index is 3.21. The van der Waals surface area contributed by atoms with E-state index < -0.39 is 0 Å². The number of nitrogens with zero attached hydrogens (tertiary/aromatic N) is 1. The number of hydrogen-bond donors (Lipinski definition) is 1. The lowest BCUT2D eigenvalue weighted by atomic mass is 10.2. The fourth-order valence-corrected chi connectivity index (χ4v) is 1.22. The van der Waals surface area contributed by atoms with Crippen molar-refractivity contribution in [2.45, 2.75) is 45.6 Å². The van der Waals surface area contributed by atoms with Gasteiger partial charge in [0.05, 0.1) is 12.7 Å². The summed E-state index contributed by atoms with van der Waals surface area (Å²) < 4.78 is 5.40. The minimum absolute atomic E-state index is 0.147. The van der Waals surface area contributed by atoms with Crippen LogP contribution >= 0.6 is 0 Å². The molecule has 0 aromatic carbocycles. The number of nitriles is 1. The number of nitrogens with one attached hydrogen (secondary N) is 1. The van der Waals surface area contributed by atoms with Gasteiger partial charge in [-0.05, 0) is 13.0 Å². The topological polar surface area (TPSA) is 45.0 Å². The van der Waals surface area contributed by atoms with E-state index in [0.717, 1.165) is 19.6 Å². The summed E-state index contributed by atoms with van der Waals surface area (Å²) >= 11 is 0. The molecule has 0 aliphatic rings. The van der Waals surface area contributed by atoms with Crippen molar-refractivity contribution in [2.24, 2.45) is 0 Å². The van der Waals surface area contributed by atoms with Gasteiger partial charge in [-0.25, -0.2) is 0 Å². The molecule has 0 spiro atoms. The van der Waals surface area contributed by atoms with Gasteiger partial charge >= 0.3 is 0 Å². The molecule has 0 fully saturated rings. The smallest absolute Gasteiger partial charge is 0.119 e. The lowest BCUT2D eigenvalue weighted by molar-refractivity contribution is 0.119. The van der Waals surface area contributed by atoms with Gasteiger partial charge in [0, 0.05) is 6.61 Å². The van der Waals surface area contributed by atoms with Gasteiger partial charge in [0.25, 0.3) is 0 Å². The first kappa shape index (κ1) is 13.4. The first-order valence-electron chi connectivity index (χ1n) is 5.55. The molecule has 3 nitrogen and oxygen atoms in total. The second kappa shape index (κ2) is 10.5. The summed E-state index contributed by atoms with van der Waals surface area (Å²) in [5.41, 5.74) is 0. The summed E-state index contributed by atoms with van der Waals surface area (Å²) in [6.07, 6.45) is 4.86. The maximum atomic E-state index is 8.71. The van der Waals surface area contributed by atoms with Crippen molar-refractivity contribution < 1.29 is 4.74 Å². The molecule has 0 saturated carbocycles. The minimum atomic E-state index is -0.147. The molecule has 0 aromatic heterocycles. The van der Waals surface area contributed by atoms with Crippen LogP contribution in [0.5, 0.6) is 0 Å². The highest BCUT2D eigenvalue weighted by atomic mass is 16.5. The Morgan fingerprint density at radius 1 is 1.29 bits per heavy atom. The van der Waals surface area contributed by atoms with E-state index in [1.54, 1.807) is 0 Å². The molecule has 0 rings (SSSR count). The lowest BCUT2D eigenvalue weighted by Gasteiger charge is -2.09. The van der Waals surface area contributed by atoms with E-state index in [1.165, 1.54) is 19.3 Å². The molecule has 0 amide bonds. The highest BCUT2D eigenvalue weighted by Crippen LogP contribution is 1.99. The lowest BCUT2D eigenvalue weighted by Crippen LogP contribution is -2.31. The Hall–Kier alpha value is -0.590. The Morgan fingerprint density at radius 2 is 2.07 bits per heavy atom. The van der Waals surface area contributed by atoms with Crippen molar-refractivity contribution in [1.29, 1.82) is 5.26 Å². The van der Waals surface area contributed by atoms with Crippen molar-refractivity contribution >= 4 is 0 Å². The summed E-state index contributed by atoms with van der Waals surface area (Å²) in [7, 11) is 0. The molecule has 0 aromatic rings. The van der Waals surface area contributed by atoms with Crippen molar-refractivity contribution in [3.63, 3.8) is 0 Å². The van der Waals surface area contributed by atoms with Crippen LogP contribution in [0.3, 0.4) is 0 Å². The van der Waals surface area contributed by atoms with Gasteiger partial charge in [0.1, 0.15) is 6.04 Å². The average molecular weight is 198 g/mol. The maximum absolute atomic E-state index is 8.71. The van der Waals surface area contributed by atoms with Crippen LogP contribution in [0.25, 0.3) is 0 Å². The zero-order valence-electron chi connectivity index (χ0n) is 9.38. The highest BCUT2D eigenvalue weighted by Gasteiger charge is 2.03. The normalized spacial score (nSPS) is 12.4. The zero-order valence-corrected chi connectivity index (χ0v) is 9.38. The molecule has 1 N–H and O–H groups in total. The van der Waals surface area contributed by atoms with E-state index >= 15 is 0 Å². The molecule has 1 unspecified atom stereocenters. The van der Waals surface area contributed by atoms with E-state index in [1.807, 2.05) is 6.92 Å². The predicted octanol–water partition coefficient (Wildman–Crippen LogP) is 2.08. The van der Waals surface area contributed by atoms with E-state index in [2.05, 4.69) is 18.3 Å². The van der Waals surface area contributed by atoms with E-state index in [-0.39, 0.29) is 6.04 Å². The summed E-state index contributed by atoms with van der Waals surface area (Å²) in [6, 6.07) is 2.02. The van der Waals surface area contributed by atoms with Gasteiger partial charge < -0.3 is 10.1 Å². The molecule has 82 valence electrons. The fourth-order valence-electron chi connectivity index (χ4n) is 1.22. The number of ether oxygens (including phenoxy) is 1. The quantitative estimate of drug-likeness (QED) is 0.577. The second-order valence-electron chi connectivity index (χ2n) is 3.37. The molecular weight excluding hydrogens is 176 g/mol. The summed E-state index contributed by atoms with van der Waals surface area (Å²) in [6.45, 7) is 6.29. The molecule has 14 heavy (non-hydrogen) atoms. The molecule has 0 radical (unpaired) electrons. The van der Waals surface area contributed by atoms with Crippen molar-refractivity contribution in [3.05, 3.63) is 0 Å². The first-order chi connectivity index (χ1) is 6.85. The molecule has 0 saturated heterocycles. The minimum Gasteiger partial charge on any atom is -0.379 e. The van der Waals surface area contributed by atoms with E-state index in [9.17, 15) is 0 Å². The van der Waals surface area contributed by atoms with Crippen LogP contribution in [-0.4, -0.2) is 25.8 Å². The van der Waals surface area contributed by atoms with Gasteiger partial charge in [-0.2, -0.15) is 5.26 Å². The standard InChI is InChI=1S/C11H22N2O/c1-3-5-6-7-8-14-10-11(9-12)13-4-2/h11,13H,3-8,10H2,1-2H3. The third-order valence-corrected chi connectivity index (χ3v) is 2.03. The Bertz CT molecular complexity index is 154. The molecule has 0 aliphatic heterocycles. The summed E-state index contributed by atoms with van der Waals surface area (Å²) in [4.78, 5) is 0. The monoisotopic (exact) mass is 198 g/mol. The molecular formula is C11H22N2O. The van der Waals surface area contributed by atoms with Crippen LogP contribution in [0, 0.1) is 11.3 Å². The predicted molar refractivity (Wildman–Crippen MR) is 58.0 cm³/mol. The number of hydrogen-bond acceptors (Lipinski definition) is 3. The summed E-state index contributed by atoms with van der Waals surface area (Å²) in [5.74, 6) is 0. The van der Waals surface area contributed by atoms with Gasteiger partial charge in [0.15, 0.2) is 0 Å². The van der Waals surface area contributed by atoms with Gasteiger partial charge in [-0.1, -0.05) is 33.1 Å². The van der Waals surface area contributed by atoms with Crippen LogP contribution in [-0.2, 0) is 4.74 Å². The van der Waals surface area contributed by atoms with Crippen LogP contribution in [0.4, 0.5) is 0 Å². The third-order valence-electron chi connectivity index (χ3n) is 2.03. The van der Waals surface area contributed by atoms with Crippen LogP contribution in [0.15, 0.2) is 0 Å².